The minimum Gasteiger partial charge on any atom is -0.569 e. The topological polar surface area (TPSA) is 68.0 Å². The molecule has 0 spiro atoms. The lowest BCUT2D eigenvalue weighted by atomic mass is 10.6. The van der Waals surface area contributed by atoms with E-state index in [-0.39, 0.29) is 5.94 Å². The molecule has 0 radical (unpaired) electrons. The average molecular weight is 209 g/mol. The molecular formula is C6H15N3O3S. The predicted molar refractivity (Wildman–Crippen MR) is 49.0 cm³/mol. The summed E-state index contributed by atoms with van der Waals surface area (Å²) in [4.78, 5) is 4.91. The van der Waals surface area contributed by atoms with E-state index in [1.807, 2.05) is 13.8 Å². The molecule has 0 rings (SSSR count). The third-order valence-electron chi connectivity index (χ3n) is 1.32. The van der Waals surface area contributed by atoms with Crippen LogP contribution >= 0.6 is 0 Å². The van der Waals surface area contributed by atoms with E-state index in [0.29, 0.717) is 18.1 Å². The summed E-state index contributed by atoms with van der Waals surface area (Å²) in [7, 11) is -1.10. The Morgan fingerprint density at radius 1 is 1.54 bits per heavy atom. The van der Waals surface area contributed by atoms with E-state index >= 15 is 0 Å². The van der Waals surface area contributed by atoms with E-state index < -0.39 is 10.8 Å². The summed E-state index contributed by atoms with van der Waals surface area (Å²) < 4.78 is 10.5. The Bertz CT molecular complexity index is 194. The van der Waals surface area contributed by atoms with Crippen LogP contribution in [0.25, 0.3) is 0 Å². The molecule has 0 aromatic heterocycles. The highest BCUT2D eigenvalue weighted by atomic mass is 32.2. The molecule has 0 aliphatic carbocycles. The van der Waals surface area contributed by atoms with E-state index in [9.17, 15) is 9.42 Å². The van der Waals surface area contributed by atoms with Gasteiger partial charge in [0.2, 0.25) is 5.28 Å². The fraction of sp³-hybridized carbons (Fsp3) is 1.00. The molecule has 0 aromatic rings. The average Bonchev–Trinajstić information content (AvgIpc) is 2.05. The van der Waals surface area contributed by atoms with E-state index in [1.54, 1.807) is 0 Å². The van der Waals surface area contributed by atoms with E-state index in [2.05, 4.69) is 10.1 Å². The van der Waals surface area contributed by atoms with Crippen molar-refractivity contribution in [3.63, 3.8) is 0 Å². The Balaban J connectivity index is 3.91. The van der Waals surface area contributed by atoms with Crippen molar-refractivity contribution in [1.29, 1.82) is 0 Å². The van der Waals surface area contributed by atoms with Gasteiger partial charge in [-0.15, -0.1) is 5.01 Å². The van der Waals surface area contributed by atoms with Crippen LogP contribution in [0.5, 0.6) is 0 Å². The zero-order valence-electron chi connectivity index (χ0n) is 8.10. The minimum absolute atomic E-state index is 0.0555. The standard InChI is InChI=1S/C6H15N3O3S/c1-4-8(5-2)9(10)7-12-6-13(3)11/h4-6H2,1-3H3/b9-7-. The highest BCUT2D eigenvalue weighted by Gasteiger charge is 2.06. The fourth-order valence-corrected chi connectivity index (χ4v) is 0.860. The van der Waals surface area contributed by atoms with Crippen LogP contribution in [-0.4, -0.2) is 39.5 Å². The third kappa shape index (κ3) is 5.40. The summed E-state index contributed by atoms with van der Waals surface area (Å²) in [5.41, 5.74) is 0. The highest BCUT2D eigenvalue weighted by Crippen LogP contribution is 1.90. The Hall–Kier alpha value is -0.850. The molecule has 0 heterocycles. The van der Waals surface area contributed by atoms with Crippen LogP contribution in [0.1, 0.15) is 13.8 Å². The molecule has 0 amide bonds. The molecule has 0 aliphatic heterocycles. The molecule has 6 nitrogen and oxygen atoms in total. The van der Waals surface area contributed by atoms with Crippen LogP contribution in [0.4, 0.5) is 0 Å². The lowest BCUT2D eigenvalue weighted by Crippen LogP contribution is -2.30. The first-order valence-electron chi connectivity index (χ1n) is 3.96. The van der Waals surface area contributed by atoms with Crippen molar-refractivity contribution < 1.29 is 14.0 Å². The summed E-state index contributed by atoms with van der Waals surface area (Å²) in [5.74, 6) is -0.0555. The summed E-state index contributed by atoms with van der Waals surface area (Å²) >= 11 is 0. The lowest BCUT2D eigenvalue weighted by molar-refractivity contribution is -0.709. The number of nitrogens with zero attached hydrogens (tertiary/aromatic N) is 3. The van der Waals surface area contributed by atoms with Crippen molar-refractivity contribution in [3.8, 4) is 0 Å². The van der Waals surface area contributed by atoms with E-state index in [4.69, 9.17) is 0 Å². The number of hydrazine groups is 1. The summed E-state index contributed by atoms with van der Waals surface area (Å²) in [5, 5.41) is 15.7. The normalized spacial score (nSPS) is 13.9. The molecule has 78 valence electrons. The molecular weight excluding hydrogens is 194 g/mol. The molecule has 0 saturated heterocycles. The van der Waals surface area contributed by atoms with Crippen LogP contribution in [0, 0.1) is 5.21 Å². The van der Waals surface area contributed by atoms with Crippen LogP contribution in [-0.2, 0) is 15.6 Å². The maximum Gasteiger partial charge on any atom is 0.234 e. The van der Waals surface area contributed by atoms with Gasteiger partial charge < -0.3 is 10.0 Å². The van der Waals surface area contributed by atoms with Gasteiger partial charge in [-0.1, -0.05) is 0 Å². The SMILES string of the molecule is CCN(CC)/[N+]([O-])=N/OCS(C)=O. The Kier molecular flexibility index (Phi) is 6.21. The Labute approximate surface area is 80.1 Å². The minimum atomic E-state index is -1.10. The largest absolute Gasteiger partial charge is 0.569 e. The number of hydrogen-bond donors (Lipinski definition) is 0. The quantitative estimate of drug-likeness (QED) is 0.362. The van der Waals surface area contributed by atoms with Crippen molar-refractivity contribution in [2.45, 2.75) is 13.8 Å². The van der Waals surface area contributed by atoms with Gasteiger partial charge in [0, 0.05) is 6.26 Å². The van der Waals surface area contributed by atoms with Crippen molar-refractivity contribution in [2.75, 3.05) is 25.3 Å². The molecule has 13 heavy (non-hydrogen) atoms. The lowest BCUT2D eigenvalue weighted by Gasteiger charge is -2.12. The van der Waals surface area contributed by atoms with Crippen LogP contribution < -0.4 is 0 Å². The summed E-state index contributed by atoms with van der Waals surface area (Å²) in [6.45, 7) is 4.79. The third-order valence-corrected chi connectivity index (χ3v) is 1.76. The van der Waals surface area contributed by atoms with E-state index in [1.165, 1.54) is 11.3 Å². The van der Waals surface area contributed by atoms with Crippen LogP contribution in [0.15, 0.2) is 5.28 Å². The Morgan fingerprint density at radius 2 is 2.08 bits per heavy atom. The first-order chi connectivity index (χ1) is 6.11. The van der Waals surface area contributed by atoms with Crippen LogP contribution in [0.3, 0.4) is 0 Å². The second-order valence-electron chi connectivity index (χ2n) is 2.29. The smallest absolute Gasteiger partial charge is 0.234 e. The van der Waals surface area contributed by atoms with Gasteiger partial charge in [0.05, 0.1) is 28.9 Å². The summed E-state index contributed by atoms with van der Waals surface area (Å²) in [6.07, 6.45) is 1.47. The maximum atomic E-state index is 11.0. The predicted octanol–water partition coefficient (Wildman–Crippen LogP) is 0.473. The molecule has 1 atom stereocenters. The molecule has 7 heteroatoms. The highest BCUT2D eigenvalue weighted by molar-refractivity contribution is 7.84. The fourth-order valence-electron chi connectivity index (χ4n) is 0.664. The zero-order chi connectivity index (χ0) is 10.3. The second kappa shape index (κ2) is 6.64. The number of rotatable bonds is 6. The molecule has 0 N–H and O–H groups in total. The molecule has 0 aromatic carbocycles. The summed E-state index contributed by atoms with van der Waals surface area (Å²) in [6, 6.07) is 0. The zero-order valence-corrected chi connectivity index (χ0v) is 8.91. The van der Waals surface area contributed by atoms with Gasteiger partial charge in [-0.25, -0.2) is 0 Å². The first kappa shape index (κ1) is 12.2. The van der Waals surface area contributed by atoms with E-state index in [0.717, 1.165) is 0 Å². The Morgan fingerprint density at radius 3 is 2.46 bits per heavy atom. The van der Waals surface area contributed by atoms with Gasteiger partial charge in [0.15, 0.2) is 5.94 Å². The molecule has 0 saturated carbocycles. The van der Waals surface area contributed by atoms with Crippen molar-refractivity contribution in [2.24, 2.45) is 5.28 Å². The van der Waals surface area contributed by atoms with Gasteiger partial charge in [-0.05, 0) is 13.8 Å². The van der Waals surface area contributed by atoms with Crippen LogP contribution in [0.2, 0.25) is 0 Å². The van der Waals surface area contributed by atoms with Gasteiger partial charge in [0.25, 0.3) is 0 Å². The first-order valence-corrected chi connectivity index (χ1v) is 5.69. The van der Waals surface area contributed by atoms with Gasteiger partial charge >= 0.3 is 0 Å². The maximum absolute atomic E-state index is 11.0. The molecule has 0 bridgehead atoms. The molecule has 1 unspecified atom stereocenters. The van der Waals surface area contributed by atoms with Crippen molar-refractivity contribution >= 4 is 10.8 Å². The second-order valence-corrected chi connectivity index (χ2v) is 3.68. The van der Waals surface area contributed by atoms with Crippen molar-refractivity contribution in [3.05, 3.63) is 5.21 Å². The van der Waals surface area contributed by atoms with Crippen molar-refractivity contribution in [1.82, 2.24) is 5.01 Å². The van der Waals surface area contributed by atoms with Gasteiger partial charge in [0.1, 0.15) is 0 Å². The molecule has 0 fully saturated rings. The number of hydrogen-bond acceptors (Lipinski definition) is 4. The molecule has 0 aliphatic rings. The van der Waals surface area contributed by atoms with Gasteiger partial charge in [-0.3, -0.25) is 4.21 Å². The monoisotopic (exact) mass is 209 g/mol. The van der Waals surface area contributed by atoms with Gasteiger partial charge in [-0.2, -0.15) is 0 Å².